The number of nitrogens with one attached hydrogen (secondary N) is 1. The summed E-state index contributed by atoms with van der Waals surface area (Å²) in [6.07, 6.45) is 9.19. The number of imidazole rings is 1. The van der Waals surface area contributed by atoms with E-state index in [0.717, 1.165) is 23.9 Å². The van der Waals surface area contributed by atoms with Crippen LogP contribution < -0.4 is 11.1 Å². The van der Waals surface area contributed by atoms with Crippen molar-refractivity contribution in [2.45, 2.75) is 19.3 Å². The van der Waals surface area contributed by atoms with Crippen LogP contribution in [0.2, 0.25) is 0 Å². The Morgan fingerprint density at radius 2 is 2.20 bits per heavy atom. The first kappa shape index (κ1) is 13.2. The van der Waals surface area contributed by atoms with Gasteiger partial charge in [-0.3, -0.25) is 0 Å². The number of likely N-dealkylation sites (tertiary alicyclic amines) is 1. The molecule has 0 aliphatic carbocycles. The highest BCUT2D eigenvalue weighted by atomic mass is 15.1. The average Bonchev–Trinajstić information content (AvgIpc) is 2.89. The van der Waals surface area contributed by atoms with E-state index in [1.54, 1.807) is 12.4 Å². The lowest BCUT2D eigenvalue weighted by molar-refractivity contribution is 0.215. The molecule has 1 aliphatic rings. The van der Waals surface area contributed by atoms with E-state index in [0.29, 0.717) is 5.82 Å². The zero-order valence-corrected chi connectivity index (χ0v) is 11.9. The van der Waals surface area contributed by atoms with Gasteiger partial charge in [-0.1, -0.05) is 0 Å². The minimum atomic E-state index is 0.511. The summed E-state index contributed by atoms with van der Waals surface area (Å²) in [5.74, 6) is 2.11. The van der Waals surface area contributed by atoms with Crippen LogP contribution in [0.5, 0.6) is 0 Å². The van der Waals surface area contributed by atoms with Crippen molar-refractivity contribution >= 4 is 17.3 Å². The molecule has 1 fully saturated rings. The highest BCUT2D eigenvalue weighted by Gasteiger charge is 2.16. The van der Waals surface area contributed by atoms with Crippen molar-refractivity contribution in [2.75, 3.05) is 37.7 Å². The van der Waals surface area contributed by atoms with E-state index < -0.39 is 0 Å². The summed E-state index contributed by atoms with van der Waals surface area (Å²) in [7, 11) is 2.19. The Kier molecular flexibility index (Phi) is 3.73. The molecule has 2 aromatic heterocycles. The molecule has 3 rings (SSSR count). The maximum absolute atomic E-state index is 5.81. The molecule has 108 valence electrons. The normalized spacial score (nSPS) is 17.6. The minimum absolute atomic E-state index is 0.511. The first-order valence-electron chi connectivity index (χ1n) is 7.24. The van der Waals surface area contributed by atoms with Crippen LogP contribution in [0.3, 0.4) is 0 Å². The standard InChI is InChI=1S/C14H22N6/c1-19-7-3-11(4-8-19)2-5-16-13-14-17-6-9-20(14)10-12(15)18-13/h6,9-11H,2-5,7-8,15H2,1H3,(H,16,18). The maximum Gasteiger partial charge on any atom is 0.180 e. The Balaban J connectivity index is 1.58. The molecular formula is C14H22N6. The number of rotatable bonds is 4. The van der Waals surface area contributed by atoms with Gasteiger partial charge in [-0.25, -0.2) is 9.97 Å². The molecule has 3 heterocycles. The molecule has 1 saturated heterocycles. The third-order valence-corrected chi connectivity index (χ3v) is 4.08. The van der Waals surface area contributed by atoms with Gasteiger partial charge in [-0.05, 0) is 45.3 Å². The summed E-state index contributed by atoms with van der Waals surface area (Å²) >= 11 is 0. The molecule has 0 bridgehead atoms. The lowest BCUT2D eigenvalue weighted by Gasteiger charge is -2.28. The van der Waals surface area contributed by atoms with E-state index in [4.69, 9.17) is 5.73 Å². The molecule has 3 N–H and O–H groups in total. The van der Waals surface area contributed by atoms with E-state index in [2.05, 4.69) is 27.2 Å². The maximum atomic E-state index is 5.81. The zero-order valence-electron chi connectivity index (χ0n) is 11.9. The summed E-state index contributed by atoms with van der Waals surface area (Å²) in [4.78, 5) is 11.1. The van der Waals surface area contributed by atoms with Crippen LogP contribution in [0.15, 0.2) is 18.6 Å². The van der Waals surface area contributed by atoms with Crippen molar-refractivity contribution < 1.29 is 0 Å². The zero-order chi connectivity index (χ0) is 13.9. The van der Waals surface area contributed by atoms with Crippen molar-refractivity contribution in [1.29, 1.82) is 0 Å². The van der Waals surface area contributed by atoms with Gasteiger partial charge in [0.1, 0.15) is 5.82 Å². The highest BCUT2D eigenvalue weighted by molar-refractivity contribution is 5.64. The van der Waals surface area contributed by atoms with Gasteiger partial charge in [0, 0.05) is 18.9 Å². The first-order chi connectivity index (χ1) is 9.72. The molecule has 6 heteroatoms. The van der Waals surface area contributed by atoms with Crippen molar-refractivity contribution in [3.63, 3.8) is 0 Å². The second kappa shape index (κ2) is 5.66. The van der Waals surface area contributed by atoms with Crippen LogP contribution in [-0.2, 0) is 0 Å². The van der Waals surface area contributed by atoms with Crippen LogP contribution in [-0.4, -0.2) is 46.0 Å². The molecule has 0 atom stereocenters. The molecule has 1 aliphatic heterocycles. The predicted molar refractivity (Wildman–Crippen MR) is 80.7 cm³/mol. The van der Waals surface area contributed by atoms with E-state index in [1.807, 2.05) is 10.6 Å². The van der Waals surface area contributed by atoms with Crippen molar-refractivity contribution in [3.05, 3.63) is 18.6 Å². The number of anilines is 2. The number of piperidine rings is 1. The van der Waals surface area contributed by atoms with Crippen molar-refractivity contribution in [2.24, 2.45) is 5.92 Å². The van der Waals surface area contributed by atoms with E-state index in [1.165, 1.54) is 32.4 Å². The molecular weight excluding hydrogens is 252 g/mol. The van der Waals surface area contributed by atoms with E-state index in [9.17, 15) is 0 Å². The molecule has 0 saturated carbocycles. The molecule has 0 spiro atoms. The van der Waals surface area contributed by atoms with Gasteiger partial charge in [0.05, 0.1) is 6.20 Å². The summed E-state index contributed by atoms with van der Waals surface area (Å²) in [6.45, 7) is 3.35. The lowest BCUT2D eigenvalue weighted by atomic mass is 9.94. The van der Waals surface area contributed by atoms with Crippen LogP contribution >= 0.6 is 0 Å². The third kappa shape index (κ3) is 2.85. The van der Waals surface area contributed by atoms with Crippen LogP contribution in [0.25, 0.3) is 5.65 Å². The van der Waals surface area contributed by atoms with Gasteiger partial charge in [0.25, 0.3) is 0 Å². The molecule has 0 aromatic carbocycles. The third-order valence-electron chi connectivity index (χ3n) is 4.08. The smallest absolute Gasteiger partial charge is 0.180 e. The van der Waals surface area contributed by atoms with Gasteiger partial charge in [-0.2, -0.15) is 0 Å². The van der Waals surface area contributed by atoms with E-state index in [-0.39, 0.29) is 0 Å². The fourth-order valence-corrected chi connectivity index (χ4v) is 2.82. The van der Waals surface area contributed by atoms with Crippen molar-refractivity contribution in [3.8, 4) is 0 Å². The van der Waals surface area contributed by atoms with Crippen LogP contribution in [0.1, 0.15) is 19.3 Å². The van der Waals surface area contributed by atoms with Gasteiger partial charge < -0.3 is 20.4 Å². The largest absolute Gasteiger partial charge is 0.382 e. The summed E-state index contributed by atoms with van der Waals surface area (Å²) in [5, 5.41) is 3.39. The number of nitrogens with two attached hydrogens (primary N) is 1. The molecule has 6 nitrogen and oxygen atoms in total. The SMILES string of the molecule is CN1CCC(CCNc2nc(N)cn3ccnc23)CC1. The van der Waals surface area contributed by atoms with Crippen molar-refractivity contribution in [1.82, 2.24) is 19.3 Å². The van der Waals surface area contributed by atoms with Crippen LogP contribution in [0.4, 0.5) is 11.6 Å². The summed E-state index contributed by atoms with van der Waals surface area (Å²) in [5.41, 5.74) is 6.64. The lowest BCUT2D eigenvalue weighted by Crippen LogP contribution is -2.30. The van der Waals surface area contributed by atoms with E-state index >= 15 is 0 Å². The molecule has 20 heavy (non-hydrogen) atoms. The Labute approximate surface area is 119 Å². The minimum Gasteiger partial charge on any atom is -0.382 e. The van der Waals surface area contributed by atoms with Gasteiger partial charge in [-0.15, -0.1) is 0 Å². The fraction of sp³-hybridized carbons (Fsp3) is 0.571. The molecule has 2 aromatic rings. The fourth-order valence-electron chi connectivity index (χ4n) is 2.82. The average molecular weight is 274 g/mol. The monoisotopic (exact) mass is 274 g/mol. The van der Waals surface area contributed by atoms with Gasteiger partial charge in [0.2, 0.25) is 0 Å². The topological polar surface area (TPSA) is 71.5 Å². The number of aromatic nitrogens is 3. The van der Waals surface area contributed by atoms with Crippen LogP contribution in [0, 0.1) is 5.92 Å². The number of nitrogens with zero attached hydrogens (tertiary/aromatic N) is 4. The Morgan fingerprint density at radius 1 is 1.40 bits per heavy atom. The van der Waals surface area contributed by atoms with Gasteiger partial charge >= 0.3 is 0 Å². The Morgan fingerprint density at radius 3 is 3.00 bits per heavy atom. The summed E-state index contributed by atoms with van der Waals surface area (Å²) in [6, 6.07) is 0. The predicted octanol–water partition coefficient (Wildman–Crippen LogP) is 1.46. The number of nitrogen functional groups attached to an aromatic ring is 1. The number of hydrogen-bond acceptors (Lipinski definition) is 5. The second-order valence-electron chi connectivity index (χ2n) is 5.63. The number of hydrogen-bond donors (Lipinski definition) is 2. The number of fused-ring (bicyclic) bond motifs is 1. The summed E-state index contributed by atoms with van der Waals surface area (Å²) < 4.78 is 1.90. The quantitative estimate of drug-likeness (QED) is 0.883. The molecule has 0 unspecified atom stereocenters. The molecule has 0 amide bonds. The van der Waals surface area contributed by atoms with Gasteiger partial charge in [0.15, 0.2) is 11.5 Å². The second-order valence-corrected chi connectivity index (χ2v) is 5.63. The Bertz CT molecular complexity index is 570. The first-order valence-corrected chi connectivity index (χ1v) is 7.24. The highest BCUT2D eigenvalue weighted by Crippen LogP contribution is 2.20. The Hall–Kier alpha value is -1.82. The molecule has 0 radical (unpaired) electrons.